The third kappa shape index (κ3) is 3.62. The van der Waals surface area contributed by atoms with Gasteiger partial charge in [-0.3, -0.25) is 4.79 Å². The molecule has 0 fully saturated rings. The van der Waals surface area contributed by atoms with Crippen LogP contribution in [0.1, 0.15) is 37.8 Å². The van der Waals surface area contributed by atoms with Gasteiger partial charge in [0, 0.05) is 0 Å². The number of ether oxygens (including phenoxy) is 1. The van der Waals surface area contributed by atoms with Crippen LogP contribution in [-0.4, -0.2) is 12.5 Å². The van der Waals surface area contributed by atoms with Gasteiger partial charge in [0.25, 0.3) is 0 Å². The van der Waals surface area contributed by atoms with Gasteiger partial charge in [-0.25, -0.2) is 0 Å². The third-order valence-electron chi connectivity index (χ3n) is 3.07. The van der Waals surface area contributed by atoms with Crippen LogP contribution < -0.4 is 5.32 Å². The third-order valence-corrected chi connectivity index (χ3v) is 3.07. The van der Waals surface area contributed by atoms with E-state index in [-0.39, 0.29) is 11.9 Å². The summed E-state index contributed by atoms with van der Waals surface area (Å²) in [6.07, 6.45) is 4.15. The lowest BCUT2D eigenvalue weighted by atomic mass is 10.1. The quantitative estimate of drug-likeness (QED) is 0.885. The van der Waals surface area contributed by atoms with Gasteiger partial charge in [-0.05, 0) is 30.9 Å². The Hall–Kier alpha value is -1.77. The number of carbonyl (C=O) groups excluding carboxylic acids is 1. The first kappa shape index (κ1) is 12.7. The van der Waals surface area contributed by atoms with Crippen molar-refractivity contribution in [3.05, 3.63) is 47.7 Å². The Bertz CT molecular complexity index is 425. The van der Waals surface area contributed by atoms with Gasteiger partial charge in [0.2, 0.25) is 5.91 Å². The van der Waals surface area contributed by atoms with Crippen molar-refractivity contribution in [3.8, 4) is 0 Å². The number of benzene rings is 1. The van der Waals surface area contributed by atoms with E-state index in [1.807, 2.05) is 37.3 Å². The highest BCUT2D eigenvalue weighted by molar-refractivity contribution is 5.78. The molecule has 18 heavy (non-hydrogen) atoms. The van der Waals surface area contributed by atoms with Gasteiger partial charge in [-0.1, -0.05) is 30.3 Å². The minimum Gasteiger partial charge on any atom is -0.501 e. The largest absolute Gasteiger partial charge is 0.501 e. The normalized spacial score (nSPS) is 16.4. The Balaban J connectivity index is 1.85. The standard InChI is InChI=1S/C15H19NO2/c1-12(14-7-3-2-4-8-14)16-15(17)10-13-6-5-9-18-11-13/h2-4,7-8,11-12H,5-6,9-10H2,1H3,(H,16,17)/t12-/m0/s1. The van der Waals surface area contributed by atoms with Crippen LogP contribution in [-0.2, 0) is 9.53 Å². The Labute approximate surface area is 108 Å². The van der Waals surface area contributed by atoms with Crippen molar-refractivity contribution in [3.63, 3.8) is 0 Å². The molecule has 3 heteroatoms. The summed E-state index contributed by atoms with van der Waals surface area (Å²) in [6.45, 7) is 2.77. The monoisotopic (exact) mass is 245 g/mol. The fraction of sp³-hybridized carbons (Fsp3) is 0.400. The first-order valence-corrected chi connectivity index (χ1v) is 6.39. The molecule has 2 rings (SSSR count). The van der Waals surface area contributed by atoms with Crippen molar-refractivity contribution in [2.75, 3.05) is 6.61 Å². The minimum atomic E-state index is 0.0452. The highest BCUT2D eigenvalue weighted by Crippen LogP contribution is 2.16. The van der Waals surface area contributed by atoms with Crippen molar-refractivity contribution in [2.24, 2.45) is 0 Å². The maximum Gasteiger partial charge on any atom is 0.224 e. The van der Waals surface area contributed by atoms with Crippen molar-refractivity contribution >= 4 is 5.91 Å². The predicted molar refractivity (Wildman–Crippen MR) is 70.9 cm³/mol. The van der Waals surface area contributed by atoms with E-state index >= 15 is 0 Å². The summed E-state index contributed by atoms with van der Waals surface area (Å²) in [4.78, 5) is 11.9. The van der Waals surface area contributed by atoms with E-state index in [4.69, 9.17) is 4.74 Å². The van der Waals surface area contributed by atoms with Crippen LogP contribution >= 0.6 is 0 Å². The van der Waals surface area contributed by atoms with Crippen LogP contribution in [0.4, 0.5) is 0 Å². The topological polar surface area (TPSA) is 38.3 Å². The van der Waals surface area contributed by atoms with E-state index in [0.29, 0.717) is 6.42 Å². The van der Waals surface area contributed by atoms with E-state index in [1.165, 1.54) is 0 Å². The first-order chi connectivity index (χ1) is 8.75. The van der Waals surface area contributed by atoms with E-state index in [1.54, 1.807) is 6.26 Å². The Kier molecular flexibility index (Phi) is 4.40. The number of hydrogen-bond donors (Lipinski definition) is 1. The molecule has 0 radical (unpaired) electrons. The molecule has 1 aromatic carbocycles. The van der Waals surface area contributed by atoms with Gasteiger partial charge in [0.15, 0.2) is 0 Å². The lowest BCUT2D eigenvalue weighted by molar-refractivity contribution is -0.121. The zero-order valence-electron chi connectivity index (χ0n) is 10.7. The second-order valence-electron chi connectivity index (χ2n) is 4.63. The smallest absolute Gasteiger partial charge is 0.224 e. The van der Waals surface area contributed by atoms with Gasteiger partial charge in [-0.2, -0.15) is 0 Å². The van der Waals surface area contributed by atoms with Gasteiger partial charge in [0.05, 0.1) is 25.3 Å². The number of rotatable bonds is 4. The molecule has 1 atom stereocenters. The van der Waals surface area contributed by atoms with E-state index in [9.17, 15) is 4.79 Å². The number of hydrogen-bond acceptors (Lipinski definition) is 2. The molecule has 0 saturated heterocycles. The fourth-order valence-corrected chi connectivity index (χ4v) is 2.07. The summed E-state index contributed by atoms with van der Waals surface area (Å²) >= 11 is 0. The number of carbonyl (C=O) groups is 1. The summed E-state index contributed by atoms with van der Waals surface area (Å²) in [6, 6.07) is 10.0. The summed E-state index contributed by atoms with van der Waals surface area (Å²) in [5.41, 5.74) is 2.21. The average molecular weight is 245 g/mol. The van der Waals surface area contributed by atoms with E-state index in [2.05, 4.69) is 5.32 Å². The molecule has 1 heterocycles. The maximum atomic E-state index is 11.9. The second kappa shape index (κ2) is 6.24. The van der Waals surface area contributed by atoms with Gasteiger partial charge < -0.3 is 10.1 Å². The fourth-order valence-electron chi connectivity index (χ4n) is 2.07. The molecule has 0 unspecified atom stereocenters. The highest BCUT2D eigenvalue weighted by atomic mass is 16.5. The van der Waals surface area contributed by atoms with Crippen molar-refractivity contribution in [1.82, 2.24) is 5.32 Å². The molecule has 0 bridgehead atoms. The van der Waals surface area contributed by atoms with Crippen LogP contribution in [0.15, 0.2) is 42.2 Å². The zero-order chi connectivity index (χ0) is 12.8. The summed E-state index contributed by atoms with van der Waals surface area (Å²) in [5, 5.41) is 3.01. The van der Waals surface area contributed by atoms with Gasteiger partial charge in [-0.15, -0.1) is 0 Å². The van der Waals surface area contributed by atoms with Crippen molar-refractivity contribution in [1.29, 1.82) is 0 Å². The SMILES string of the molecule is C[C@H](NC(=O)CC1=COCCC1)c1ccccc1. The molecule has 1 amide bonds. The molecule has 3 nitrogen and oxygen atoms in total. The highest BCUT2D eigenvalue weighted by Gasteiger charge is 2.12. The lowest BCUT2D eigenvalue weighted by Crippen LogP contribution is -2.27. The van der Waals surface area contributed by atoms with Crippen LogP contribution in [0.3, 0.4) is 0 Å². The van der Waals surface area contributed by atoms with E-state index < -0.39 is 0 Å². The van der Waals surface area contributed by atoms with Crippen LogP contribution in [0.5, 0.6) is 0 Å². The predicted octanol–water partition coefficient (Wildman–Crippen LogP) is 2.95. The Morgan fingerprint density at radius 1 is 1.39 bits per heavy atom. The van der Waals surface area contributed by atoms with Crippen molar-refractivity contribution < 1.29 is 9.53 Å². The molecule has 1 N–H and O–H groups in total. The molecule has 0 aromatic heterocycles. The van der Waals surface area contributed by atoms with Crippen LogP contribution in [0.2, 0.25) is 0 Å². The number of nitrogens with one attached hydrogen (secondary N) is 1. The summed E-state index contributed by atoms with van der Waals surface area (Å²) < 4.78 is 5.23. The summed E-state index contributed by atoms with van der Waals surface area (Å²) in [7, 11) is 0. The Morgan fingerprint density at radius 3 is 2.83 bits per heavy atom. The van der Waals surface area contributed by atoms with E-state index in [0.717, 1.165) is 30.6 Å². The number of amides is 1. The molecular weight excluding hydrogens is 226 g/mol. The zero-order valence-corrected chi connectivity index (χ0v) is 10.7. The van der Waals surface area contributed by atoms with Crippen LogP contribution in [0.25, 0.3) is 0 Å². The molecule has 0 saturated carbocycles. The Morgan fingerprint density at radius 2 is 2.17 bits per heavy atom. The molecule has 1 aromatic rings. The van der Waals surface area contributed by atoms with Crippen LogP contribution in [0, 0.1) is 0 Å². The van der Waals surface area contributed by atoms with Gasteiger partial charge in [0.1, 0.15) is 0 Å². The lowest BCUT2D eigenvalue weighted by Gasteiger charge is -2.17. The molecule has 1 aliphatic heterocycles. The second-order valence-corrected chi connectivity index (χ2v) is 4.63. The molecule has 0 aliphatic carbocycles. The van der Waals surface area contributed by atoms with Gasteiger partial charge >= 0.3 is 0 Å². The first-order valence-electron chi connectivity index (χ1n) is 6.39. The minimum absolute atomic E-state index is 0.0452. The molecular formula is C15H19NO2. The molecule has 96 valence electrons. The molecule has 0 spiro atoms. The maximum absolute atomic E-state index is 11.9. The molecule has 1 aliphatic rings. The average Bonchev–Trinajstić information content (AvgIpc) is 2.40. The van der Waals surface area contributed by atoms with Crippen molar-refractivity contribution in [2.45, 2.75) is 32.2 Å². The summed E-state index contributed by atoms with van der Waals surface area (Å²) in [5.74, 6) is 0.0584.